The second-order valence-corrected chi connectivity index (χ2v) is 7.78. The molecule has 146 valence electrons. The van der Waals surface area contributed by atoms with Crippen LogP contribution < -0.4 is 15.5 Å². The highest BCUT2D eigenvalue weighted by Gasteiger charge is 2.22. The summed E-state index contributed by atoms with van der Waals surface area (Å²) in [4.78, 5) is 15.5. The van der Waals surface area contributed by atoms with Gasteiger partial charge in [-0.05, 0) is 42.0 Å². The van der Waals surface area contributed by atoms with E-state index in [2.05, 4.69) is 37.9 Å². The first-order valence-corrected chi connectivity index (χ1v) is 10.2. The van der Waals surface area contributed by atoms with Gasteiger partial charge in [0.25, 0.3) is 0 Å². The molecule has 1 aromatic carbocycles. The minimum atomic E-state index is -0.278. The summed E-state index contributed by atoms with van der Waals surface area (Å²) in [5, 5.41) is 15.4. The van der Waals surface area contributed by atoms with E-state index >= 15 is 0 Å². The van der Waals surface area contributed by atoms with E-state index in [1.807, 2.05) is 11.4 Å². The highest BCUT2D eigenvalue weighted by molar-refractivity contribution is 7.13. The van der Waals surface area contributed by atoms with Crippen molar-refractivity contribution in [3.8, 4) is 10.6 Å². The molecule has 1 saturated heterocycles. The van der Waals surface area contributed by atoms with E-state index in [1.54, 1.807) is 23.5 Å². The molecule has 6 nitrogen and oxygen atoms in total. The summed E-state index contributed by atoms with van der Waals surface area (Å²) in [5.41, 5.74) is 1.90. The number of thiophene rings is 1. The molecule has 4 rings (SSSR count). The minimum Gasteiger partial charge on any atom is -0.355 e. The van der Waals surface area contributed by atoms with Crippen LogP contribution >= 0.6 is 11.3 Å². The summed E-state index contributed by atoms with van der Waals surface area (Å²) >= 11 is 1.68. The number of nitrogens with one attached hydrogen (secondary N) is 3. The maximum atomic E-state index is 12.9. The fourth-order valence-corrected chi connectivity index (χ4v) is 4.00. The van der Waals surface area contributed by atoms with E-state index < -0.39 is 0 Å². The predicted octanol–water partition coefficient (Wildman–Crippen LogP) is 3.75. The van der Waals surface area contributed by atoms with Gasteiger partial charge in [-0.1, -0.05) is 18.2 Å². The Morgan fingerprint density at radius 2 is 2.04 bits per heavy atom. The Balaban J connectivity index is 1.23. The highest BCUT2D eigenvalue weighted by Crippen LogP contribution is 2.27. The standard InChI is InChI=1S/C20H22FN5OS/c21-15-5-3-14(4-6-15)13-22-20(27)23-16-7-9-26(10-8-16)19-12-17(24-25-19)18-2-1-11-28-18/h1-6,11-12,16H,7-10,13H2,(H,24,25)(H2,22,23,27). The van der Waals surface area contributed by atoms with Crippen molar-refractivity contribution in [2.45, 2.75) is 25.4 Å². The van der Waals surface area contributed by atoms with Crippen molar-refractivity contribution in [3.05, 3.63) is 59.2 Å². The largest absolute Gasteiger partial charge is 0.355 e. The lowest BCUT2D eigenvalue weighted by molar-refractivity contribution is 0.234. The molecule has 3 heterocycles. The molecule has 2 aromatic heterocycles. The van der Waals surface area contributed by atoms with Gasteiger partial charge in [0.15, 0.2) is 5.82 Å². The van der Waals surface area contributed by atoms with Gasteiger partial charge in [0.05, 0.1) is 10.6 Å². The molecule has 0 saturated carbocycles. The maximum Gasteiger partial charge on any atom is 0.315 e. The summed E-state index contributed by atoms with van der Waals surface area (Å²) < 4.78 is 12.9. The zero-order chi connectivity index (χ0) is 19.3. The summed E-state index contributed by atoms with van der Waals surface area (Å²) in [6, 6.07) is 12.2. The molecule has 3 aromatic rings. The summed E-state index contributed by atoms with van der Waals surface area (Å²) in [6.07, 6.45) is 1.73. The van der Waals surface area contributed by atoms with Crippen molar-refractivity contribution in [1.29, 1.82) is 0 Å². The third-order valence-electron chi connectivity index (χ3n) is 4.87. The van der Waals surface area contributed by atoms with Crippen LogP contribution in [0.1, 0.15) is 18.4 Å². The van der Waals surface area contributed by atoms with Crippen molar-refractivity contribution in [2.75, 3.05) is 18.0 Å². The molecular weight excluding hydrogens is 377 g/mol. The van der Waals surface area contributed by atoms with Crippen molar-refractivity contribution in [2.24, 2.45) is 0 Å². The molecule has 0 bridgehead atoms. The van der Waals surface area contributed by atoms with Crippen molar-refractivity contribution in [1.82, 2.24) is 20.8 Å². The number of benzene rings is 1. The van der Waals surface area contributed by atoms with E-state index in [4.69, 9.17) is 0 Å². The van der Waals surface area contributed by atoms with E-state index in [0.717, 1.165) is 43.0 Å². The van der Waals surface area contributed by atoms with Gasteiger partial charge < -0.3 is 15.5 Å². The fourth-order valence-electron chi connectivity index (χ4n) is 3.31. The average molecular weight is 399 g/mol. The molecule has 0 aliphatic carbocycles. The molecular formula is C20H22FN5OS. The summed E-state index contributed by atoms with van der Waals surface area (Å²) in [7, 11) is 0. The topological polar surface area (TPSA) is 73.1 Å². The number of carbonyl (C=O) groups excluding carboxylic acids is 1. The second-order valence-electron chi connectivity index (χ2n) is 6.83. The Kier molecular flexibility index (Phi) is 5.57. The minimum absolute atomic E-state index is 0.139. The molecule has 0 unspecified atom stereocenters. The van der Waals surface area contributed by atoms with Crippen molar-refractivity contribution < 1.29 is 9.18 Å². The van der Waals surface area contributed by atoms with Crippen LogP contribution in [0.25, 0.3) is 10.6 Å². The maximum absolute atomic E-state index is 12.9. The number of hydrogen-bond acceptors (Lipinski definition) is 4. The number of aromatic nitrogens is 2. The molecule has 8 heteroatoms. The summed E-state index contributed by atoms with van der Waals surface area (Å²) in [6.45, 7) is 2.07. The molecule has 0 radical (unpaired) electrons. The first kappa shape index (κ1) is 18.5. The molecule has 1 fully saturated rings. The number of anilines is 1. The lowest BCUT2D eigenvalue weighted by Crippen LogP contribution is -2.47. The Hall–Kier alpha value is -2.87. The lowest BCUT2D eigenvalue weighted by atomic mass is 10.1. The Bertz CT molecular complexity index is 901. The number of H-pyrrole nitrogens is 1. The Morgan fingerprint density at radius 3 is 2.75 bits per heavy atom. The highest BCUT2D eigenvalue weighted by atomic mass is 32.1. The lowest BCUT2D eigenvalue weighted by Gasteiger charge is -2.32. The van der Waals surface area contributed by atoms with Gasteiger partial charge in [-0.25, -0.2) is 9.18 Å². The SMILES string of the molecule is O=C(NCc1ccc(F)cc1)NC1CCN(c2cc(-c3cccs3)[nH]n2)CC1. The Labute approximate surface area is 166 Å². The number of aromatic amines is 1. The van der Waals surface area contributed by atoms with Gasteiger partial charge >= 0.3 is 6.03 Å². The van der Waals surface area contributed by atoms with Gasteiger partial charge in [-0.15, -0.1) is 11.3 Å². The number of nitrogens with zero attached hydrogens (tertiary/aromatic N) is 2. The molecule has 28 heavy (non-hydrogen) atoms. The summed E-state index contributed by atoms with van der Waals surface area (Å²) in [5.74, 6) is 0.669. The van der Waals surface area contributed by atoms with E-state index in [1.165, 1.54) is 17.0 Å². The normalized spacial score (nSPS) is 14.8. The number of rotatable bonds is 5. The van der Waals surface area contributed by atoms with Crippen LogP contribution in [0.4, 0.5) is 15.0 Å². The van der Waals surface area contributed by atoms with Gasteiger partial charge in [-0.2, -0.15) is 5.10 Å². The average Bonchev–Trinajstić information content (AvgIpc) is 3.40. The van der Waals surface area contributed by atoms with Gasteiger partial charge in [0, 0.05) is 31.7 Å². The van der Waals surface area contributed by atoms with Crippen molar-refractivity contribution >= 4 is 23.2 Å². The number of hydrogen-bond donors (Lipinski definition) is 3. The number of amides is 2. The van der Waals surface area contributed by atoms with Gasteiger partial charge in [-0.3, -0.25) is 5.10 Å². The van der Waals surface area contributed by atoms with E-state index in [-0.39, 0.29) is 17.9 Å². The number of carbonyl (C=O) groups is 1. The van der Waals surface area contributed by atoms with Crippen LogP contribution in [0.3, 0.4) is 0 Å². The third kappa shape index (κ3) is 4.51. The van der Waals surface area contributed by atoms with Crippen LogP contribution in [-0.4, -0.2) is 35.4 Å². The zero-order valence-electron chi connectivity index (χ0n) is 15.3. The smallest absolute Gasteiger partial charge is 0.315 e. The van der Waals surface area contributed by atoms with Crippen LogP contribution in [0.5, 0.6) is 0 Å². The molecule has 0 spiro atoms. The molecule has 1 aliphatic heterocycles. The Morgan fingerprint density at radius 1 is 1.25 bits per heavy atom. The molecule has 0 atom stereocenters. The van der Waals surface area contributed by atoms with Gasteiger partial charge in [0.2, 0.25) is 0 Å². The van der Waals surface area contributed by atoms with Crippen molar-refractivity contribution in [3.63, 3.8) is 0 Å². The monoisotopic (exact) mass is 399 g/mol. The van der Waals surface area contributed by atoms with Crippen LogP contribution in [-0.2, 0) is 6.54 Å². The van der Waals surface area contributed by atoms with E-state index in [9.17, 15) is 9.18 Å². The zero-order valence-corrected chi connectivity index (χ0v) is 16.1. The van der Waals surface area contributed by atoms with E-state index in [0.29, 0.717) is 6.54 Å². The quantitative estimate of drug-likeness (QED) is 0.612. The first-order valence-electron chi connectivity index (χ1n) is 9.30. The predicted molar refractivity (Wildman–Crippen MR) is 109 cm³/mol. The molecule has 3 N–H and O–H groups in total. The molecule has 1 aliphatic rings. The van der Waals surface area contributed by atoms with Crippen LogP contribution in [0.15, 0.2) is 47.8 Å². The van der Waals surface area contributed by atoms with Gasteiger partial charge in [0.1, 0.15) is 5.82 Å². The third-order valence-corrected chi connectivity index (χ3v) is 5.77. The second kappa shape index (κ2) is 8.43. The number of halogens is 1. The first-order chi connectivity index (χ1) is 13.7. The van der Waals surface area contributed by atoms with Crippen LogP contribution in [0, 0.1) is 5.82 Å². The number of urea groups is 1. The number of piperidine rings is 1. The van der Waals surface area contributed by atoms with Crippen LogP contribution in [0.2, 0.25) is 0 Å². The molecule has 2 amide bonds. The fraction of sp³-hybridized carbons (Fsp3) is 0.300.